The number of hydrogen-bond donors (Lipinski definition) is 2. The summed E-state index contributed by atoms with van der Waals surface area (Å²) in [5.41, 5.74) is 5.83. The van der Waals surface area contributed by atoms with E-state index in [9.17, 15) is 0 Å². The lowest BCUT2D eigenvalue weighted by atomic mass is 9.90. The number of hydrogen-bond acceptors (Lipinski definition) is 4. The van der Waals surface area contributed by atoms with Gasteiger partial charge in [-0.1, -0.05) is 37.8 Å². The summed E-state index contributed by atoms with van der Waals surface area (Å²) in [6.07, 6.45) is 9.60. The van der Waals surface area contributed by atoms with Gasteiger partial charge in [0, 0.05) is 0 Å². The number of para-hydroxylation sites is 2. The van der Waals surface area contributed by atoms with Crippen molar-refractivity contribution in [3.05, 3.63) is 36.2 Å². The summed E-state index contributed by atoms with van der Waals surface area (Å²) in [5.74, 6) is 6.38. The van der Waals surface area contributed by atoms with Crippen molar-refractivity contribution >= 4 is 11.0 Å². The standard InChI is InChI=1S/C16H22N4/c17-20-16(12-7-3-1-2-4-8-12)15-11-18-13-9-5-6-10-14(13)19-15/h5-6,9-12,16,20H,1-4,7-8,17H2. The van der Waals surface area contributed by atoms with Crippen LogP contribution in [0.5, 0.6) is 0 Å². The monoisotopic (exact) mass is 270 g/mol. The van der Waals surface area contributed by atoms with Gasteiger partial charge in [-0.05, 0) is 30.9 Å². The summed E-state index contributed by atoms with van der Waals surface area (Å²) >= 11 is 0. The first-order valence-corrected chi connectivity index (χ1v) is 7.56. The molecule has 1 unspecified atom stereocenters. The minimum atomic E-state index is 0.116. The third-order valence-electron chi connectivity index (χ3n) is 4.34. The SMILES string of the molecule is NNC(c1cnc2ccccc2n1)C1CCCCCC1. The number of benzene rings is 1. The van der Waals surface area contributed by atoms with E-state index in [1.807, 2.05) is 30.5 Å². The predicted octanol–water partition coefficient (Wildman–Crippen LogP) is 3.10. The second-order valence-electron chi connectivity index (χ2n) is 5.68. The zero-order valence-corrected chi connectivity index (χ0v) is 11.8. The number of nitrogens with two attached hydrogens (primary N) is 1. The third-order valence-corrected chi connectivity index (χ3v) is 4.34. The molecule has 3 rings (SSSR count). The molecule has 1 atom stereocenters. The smallest absolute Gasteiger partial charge is 0.0890 e. The minimum Gasteiger partial charge on any atom is -0.271 e. The summed E-state index contributed by atoms with van der Waals surface area (Å²) in [6.45, 7) is 0. The molecule has 2 aromatic rings. The molecule has 1 aliphatic carbocycles. The van der Waals surface area contributed by atoms with E-state index in [2.05, 4.69) is 10.4 Å². The van der Waals surface area contributed by atoms with Crippen molar-refractivity contribution in [2.45, 2.75) is 44.6 Å². The van der Waals surface area contributed by atoms with Gasteiger partial charge in [-0.2, -0.15) is 0 Å². The van der Waals surface area contributed by atoms with Crippen LogP contribution in [0.1, 0.15) is 50.3 Å². The van der Waals surface area contributed by atoms with E-state index in [1.54, 1.807) is 0 Å². The first kappa shape index (κ1) is 13.5. The Morgan fingerprint density at radius 3 is 2.45 bits per heavy atom. The van der Waals surface area contributed by atoms with Crippen LogP contribution in [0.25, 0.3) is 11.0 Å². The molecule has 0 radical (unpaired) electrons. The van der Waals surface area contributed by atoms with Crippen LogP contribution in [0.4, 0.5) is 0 Å². The van der Waals surface area contributed by atoms with Crippen molar-refractivity contribution < 1.29 is 0 Å². The normalized spacial score (nSPS) is 18.9. The molecule has 0 aliphatic heterocycles. The predicted molar refractivity (Wildman–Crippen MR) is 80.8 cm³/mol. The number of aromatic nitrogens is 2. The molecule has 0 saturated heterocycles. The van der Waals surface area contributed by atoms with Crippen LogP contribution >= 0.6 is 0 Å². The molecular weight excluding hydrogens is 248 g/mol. The van der Waals surface area contributed by atoms with Gasteiger partial charge in [0.2, 0.25) is 0 Å². The summed E-state index contributed by atoms with van der Waals surface area (Å²) in [7, 11) is 0. The van der Waals surface area contributed by atoms with Gasteiger partial charge in [0.05, 0.1) is 29.0 Å². The molecule has 1 aromatic carbocycles. The molecule has 1 fully saturated rings. The summed E-state index contributed by atoms with van der Waals surface area (Å²) in [4.78, 5) is 9.26. The van der Waals surface area contributed by atoms with E-state index in [0.717, 1.165) is 16.7 Å². The molecule has 20 heavy (non-hydrogen) atoms. The lowest BCUT2D eigenvalue weighted by Gasteiger charge is -2.24. The zero-order chi connectivity index (χ0) is 13.8. The van der Waals surface area contributed by atoms with Crippen LogP contribution in [0, 0.1) is 5.92 Å². The molecule has 106 valence electrons. The van der Waals surface area contributed by atoms with Gasteiger partial charge >= 0.3 is 0 Å². The van der Waals surface area contributed by atoms with E-state index in [0.29, 0.717) is 5.92 Å². The Bertz CT molecular complexity index is 561. The Morgan fingerprint density at radius 1 is 1.05 bits per heavy atom. The van der Waals surface area contributed by atoms with Crippen molar-refractivity contribution in [1.29, 1.82) is 0 Å². The minimum absolute atomic E-state index is 0.116. The molecule has 0 bridgehead atoms. The summed E-state index contributed by atoms with van der Waals surface area (Å²) in [6, 6.07) is 8.10. The molecule has 0 amide bonds. The van der Waals surface area contributed by atoms with E-state index in [1.165, 1.54) is 38.5 Å². The number of nitrogens with one attached hydrogen (secondary N) is 1. The van der Waals surface area contributed by atoms with Gasteiger partial charge in [0.1, 0.15) is 0 Å². The van der Waals surface area contributed by atoms with E-state index in [-0.39, 0.29) is 6.04 Å². The lowest BCUT2D eigenvalue weighted by Crippen LogP contribution is -2.34. The zero-order valence-electron chi connectivity index (χ0n) is 11.8. The Balaban J connectivity index is 1.89. The quantitative estimate of drug-likeness (QED) is 0.511. The van der Waals surface area contributed by atoms with Crippen molar-refractivity contribution in [2.75, 3.05) is 0 Å². The molecule has 4 heteroatoms. The van der Waals surface area contributed by atoms with Crippen LogP contribution in [-0.2, 0) is 0 Å². The average Bonchev–Trinajstić information content (AvgIpc) is 2.77. The van der Waals surface area contributed by atoms with Gasteiger partial charge in [-0.3, -0.25) is 16.3 Å². The van der Waals surface area contributed by atoms with Crippen LogP contribution < -0.4 is 11.3 Å². The largest absolute Gasteiger partial charge is 0.271 e. The Morgan fingerprint density at radius 2 is 1.75 bits per heavy atom. The molecule has 1 aliphatic rings. The molecule has 1 aromatic heterocycles. The van der Waals surface area contributed by atoms with Gasteiger partial charge < -0.3 is 0 Å². The van der Waals surface area contributed by atoms with Gasteiger partial charge in [-0.15, -0.1) is 0 Å². The maximum absolute atomic E-state index is 5.81. The van der Waals surface area contributed by atoms with Crippen LogP contribution in [0.15, 0.2) is 30.5 Å². The van der Waals surface area contributed by atoms with E-state index >= 15 is 0 Å². The van der Waals surface area contributed by atoms with Crippen molar-refractivity contribution in [2.24, 2.45) is 11.8 Å². The number of nitrogens with zero attached hydrogens (tertiary/aromatic N) is 2. The van der Waals surface area contributed by atoms with E-state index < -0.39 is 0 Å². The van der Waals surface area contributed by atoms with Gasteiger partial charge in [0.15, 0.2) is 0 Å². The summed E-state index contributed by atoms with van der Waals surface area (Å²) < 4.78 is 0. The fraction of sp³-hybridized carbons (Fsp3) is 0.500. The number of rotatable bonds is 3. The highest BCUT2D eigenvalue weighted by atomic mass is 15.2. The van der Waals surface area contributed by atoms with Crippen molar-refractivity contribution in [3.8, 4) is 0 Å². The van der Waals surface area contributed by atoms with Crippen LogP contribution in [-0.4, -0.2) is 9.97 Å². The van der Waals surface area contributed by atoms with E-state index in [4.69, 9.17) is 10.8 Å². The molecule has 1 heterocycles. The topological polar surface area (TPSA) is 63.8 Å². The second-order valence-corrected chi connectivity index (χ2v) is 5.68. The highest BCUT2D eigenvalue weighted by Gasteiger charge is 2.24. The Hall–Kier alpha value is -1.52. The first-order valence-electron chi connectivity index (χ1n) is 7.56. The molecule has 0 spiro atoms. The third kappa shape index (κ3) is 2.81. The fourth-order valence-electron chi connectivity index (χ4n) is 3.23. The molecule has 3 N–H and O–H groups in total. The van der Waals surface area contributed by atoms with Crippen LogP contribution in [0.3, 0.4) is 0 Å². The molecule has 1 saturated carbocycles. The number of fused-ring (bicyclic) bond motifs is 1. The lowest BCUT2D eigenvalue weighted by molar-refractivity contribution is 0.323. The molecular formula is C16H22N4. The van der Waals surface area contributed by atoms with Gasteiger partial charge in [0.25, 0.3) is 0 Å². The second kappa shape index (κ2) is 6.29. The highest BCUT2D eigenvalue weighted by Crippen LogP contribution is 2.32. The fourth-order valence-corrected chi connectivity index (χ4v) is 3.23. The first-order chi connectivity index (χ1) is 9.88. The van der Waals surface area contributed by atoms with Crippen molar-refractivity contribution in [1.82, 2.24) is 15.4 Å². The Labute approximate surface area is 119 Å². The highest BCUT2D eigenvalue weighted by molar-refractivity contribution is 5.73. The Kier molecular flexibility index (Phi) is 4.23. The van der Waals surface area contributed by atoms with Crippen molar-refractivity contribution in [3.63, 3.8) is 0 Å². The maximum Gasteiger partial charge on any atom is 0.0890 e. The maximum atomic E-state index is 5.81. The number of hydrazine groups is 1. The summed E-state index contributed by atoms with van der Waals surface area (Å²) in [5, 5.41) is 0. The van der Waals surface area contributed by atoms with Gasteiger partial charge in [-0.25, -0.2) is 4.98 Å². The van der Waals surface area contributed by atoms with Crippen LogP contribution in [0.2, 0.25) is 0 Å². The average molecular weight is 270 g/mol. The molecule has 4 nitrogen and oxygen atoms in total.